The van der Waals surface area contributed by atoms with E-state index in [2.05, 4.69) is 10.0 Å². The number of sulfonamides is 1. The van der Waals surface area contributed by atoms with Crippen molar-refractivity contribution in [2.24, 2.45) is 0 Å². The second-order valence-corrected chi connectivity index (χ2v) is 7.14. The molecular formula is C12H16Cl2N2O3S. The van der Waals surface area contributed by atoms with Gasteiger partial charge in [0.25, 0.3) is 0 Å². The van der Waals surface area contributed by atoms with Gasteiger partial charge in [0.15, 0.2) is 0 Å². The molecule has 20 heavy (non-hydrogen) atoms. The Morgan fingerprint density at radius 2 is 2.00 bits per heavy atom. The van der Waals surface area contributed by atoms with Crippen LogP contribution in [0.3, 0.4) is 0 Å². The Morgan fingerprint density at radius 3 is 2.55 bits per heavy atom. The fraction of sp³-hybridized carbons (Fsp3) is 0.417. The maximum absolute atomic E-state index is 11.6. The van der Waals surface area contributed by atoms with Crippen molar-refractivity contribution in [2.75, 3.05) is 12.8 Å². The van der Waals surface area contributed by atoms with Gasteiger partial charge in [-0.05, 0) is 38.1 Å². The number of halogens is 2. The minimum absolute atomic E-state index is 0.242. The van der Waals surface area contributed by atoms with Crippen molar-refractivity contribution in [2.45, 2.75) is 19.4 Å². The summed E-state index contributed by atoms with van der Waals surface area (Å²) in [6.07, 6.45) is 0.487. The summed E-state index contributed by atoms with van der Waals surface area (Å²) in [5, 5.41) is 3.66. The van der Waals surface area contributed by atoms with Gasteiger partial charge < -0.3 is 5.32 Å². The zero-order valence-electron chi connectivity index (χ0n) is 11.1. The van der Waals surface area contributed by atoms with Crippen LogP contribution in [-0.4, -0.2) is 33.2 Å². The summed E-state index contributed by atoms with van der Waals surface area (Å²) in [6, 6.07) is 4.87. The molecule has 0 bridgehead atoms. The lowest BCUT2D eigenvalue weighted by Crippen LogP contribution is -2.40. The largest absolute Gasteiger partial charge is 0.352 e. The molecule has 1 aromatic rings. The fourth-order valence-corrected chi connectivity index (χ4v) is 2.69. The van der Waals surface area contributed by atoms with Gasteiger partial charge in [-0.3, -0.25) is 4.79 Å². The minimum atomic E-state index is -3.56. The summed E-state index contributed by atoms with van der Waals surface area (Å²) < 4.78 is 24.6. The molecule has 5 nitrogen and oxygen atoms in total. The molecule has 0 spiro atoms. The Bertz CT molecular complexity index is 590. The van der Waals surface area contributed by atoms with E-state index in [1.807, 2.05) is 0 Å². The van der Waals surface area contributed by atoms with E-state index in [1.165, 1.54) is 7.05 Å². The Balaban J connectivity index is 2.59. The summed E-state index contributed by atoms with van der Waals surface area (Å²) in [7, 11) is -2.29. The molecule has 2 N–H and O–H groups in total. The predicted molar refractivity (Wildman–Crippen MR) is 80.6 cm³/mol. The maximum atomic E-state index is 11.6. The van der Waals surface area contributed by atoms with Crippen molar-refractivity contribution in [1.29, 1.82) is 0 Å². The Hall–Kier alpha value is -0.820. The van der Waals surface area contributed by atoms with Crippen LogP contribution < -0.4 is 10.0 Å². The van der Waals surface area contributed by atoms with Gasteiger partial charge in [-0.2, -0.15) is 0 Å². The molecular weight excluding hydrogens is 323 g/mol. The maximum Gasteiger partial charge on any atom is 0.236 e. The number of hydrogen-bond donors (Lipinski definition) is 2. The second-order valence-electron chi connectivity index (χ2n) is 4.37. The second kappa shape index (κ2) is 7.26. The molecule has 0 aromatic heterocycles. The quantitative estimate of drug-likeness (QED) is 0.826. The number of hydrogen-bond acceptors (Lipinski definition) is 3. The SMILES string of the molecule is CNS(=O)(=O)CC(=O)N[C@H](C)Cc1ccc(Cl)cc1Cl. The Kier molecular flexibility index (Phi) is 6.26. The molecule has 1 rings (SSSR count). The number of benzene rings is 1. The van der Waals surface area contributed by atoms with E-state index >= 15 is 0 Å². The molecule has 0 unspecified atom stereocenters. The summed E-state index contributed by atoms with van der Waals surface area (Å²) in [5.74, 6) is -1.15. The van der Waals surface area contributed by atoms with Crippen LogP contribution >= 0.6 is 23.2 Å². The van der Waals surface area contributed by atoms with Crippen LogP contribution in [0.25, 0.3) is 0 Å². The standard InChI is InChI=1S/C12H16Cl2N2O3S/c1-8(16-12(17)7-20(18,19)15-2)5-9-3-4-10(13)6-11(9)14/h3-4,6,8,15H,5,7H2,1-2H3,(H,16,17)/t8-/m1/s1. The molecule has 0 fully saturated rings. The van der Waals surface area contributed by atoms with Crippen molar-refractivity contribution in [3.63, 3.8) is 0 Å². The highest BCUT2D eigenvalue weighted by Gasteiger charge is 2.16. The van der Waals surface area contributed by atoms with Gasteiger partial charge in [0.2, 0.25) is 15.9 Å². The first-order valence-electron chi connectivity index (χ1n) is 5.88. The van der Waals surface area contributed by atoms with Crippen LogP contribution in [0.15, 0.2) is 18.2 Å². The zero-order chi connectivity index (χ0) is 15.3. The van der Waals surface area contributed by atoms with Gasteiger partial charge in [-0.1, -0.05) is 29.3 Å². The lowest BCUT2D eigenvalue weighted by Gasteiger charge is -2.15. The summed E-state index contributed by atoms with van der Waals surface area (Å²) in [5.41, 5.74) is 0.834. The van der Waals surface area contributed by atoms with E-state index in [9.17, 15) is 13.2 Å². The lowest BCUT2D eigenvalue weighted by atomic mass is 10.1. The third-order valence-corrected chi connectivity index (χ3v) is 4.43. The molecule has 1 amide bonds. The number of rotatable bonds is 6. The molecule has 0 aliphatic rings. The van der Waals surface area contributed by atoms with Gasteiger partial charge >= 0.3 is 0 Å². The fourth-order valence-electron chi connectivity index (χ4n) is 1.63. The first kappa shape index (κ1) is 17.2. The average molecular weight is 339 g/mol. The van der Waals surface area contributed by atoms with Crippen LogP contribution in [0.4, 0.5) is 0 Å². The number of carbonyl (C=O) groups is 1. The Morgan fingerprint density at radius 1 is 1.35 bits per heavy atom. The highest BCUT2D eigenvalue weighted by Crippen LogP contribution is 2.22. The number of amides is 1. The first-order valence-corrected chi connectivity index (χ1v) is 8.29. The van der Waals surface area contributed by atoms with Crippen LogP contribution in [-0.2, 0) is 21.2 Å². The van der Waals surface area contributed by atoms with Crippen molar-refractivity contribution in [3.8, 4) is 0 Å². The smallest absolute Gasteiger partial charge is 0.236 e. The van der Waals surface area contributed by atoms with Gasteiger partial charge in [0.05, 0.1) is 0 Å². The molecule has 8 heteroatoms. The topological polar surface area (TPSA) is 75.3 Å². The molecule has 1 aromatic carbocycles. The van der Waals surface area contributed by atoms with Crippen molar-refractivity contribution in [1.82, 2.24) is 10.0 Å². The third kappa shape index (κ3) is 5.66. The first-order chi connectivity index (χ1) is 9.23. The van der Waals surface area contributed by atoms with Crippen LogP contribution in [0, 0.1) is 0 Å². The van der Waals surface area contributed by atoms with Crippen molar-refractivity contribution < 1.29 is 13.2 Å². The molecule has 0 radical (unpaired) electrons. The van der Waals surface area contributed by atoms with E-state index in [0.29, 0.717) is 16.5 Å². The molecule has 0 aliphatic carbocycles. The lowest BCUT2D eigenvalue weighted by molar-refractivity contribution is -0.119. The molecule has 0 saturated heterocycles. The van der Waals surface area contributed by atoms with Gasteiger partial charge in [-0.15, -0.1) is 0 Å². The van der Waals surface area contributed by atoms with Crippen LogP contribution in [0.5, 0.6) is 0 Å². The summed E-state index contributed by atoms with van der Waals surface area (Å²) >= 11 is 11.8. The summed E-state index contributed by atoms with van der Waals surface area (Å²) in [4.78, 5) is 11.6. The van der Waals surface area contributed by atoms with Gasteiger partial charge in [0, 0.05) is 16.1 Å². The Labute approximate surface area is 128 Å². The van der Waals surface area contributed by atoms with Gasteiger partial charge in [0.1, 0.15) is 5.75 Å². The van der Waals surface area contributed by atoms with Crippen LogP contribution in [0.1, 0.15) is 12.5 Å². The van der Waals surface area contributed by atoms with Crippen LogP contribution in [0.2, 0.25) is 10.0 Å². The molecule has 112 valence electrons. The zero-order valence-corrected chi connectivity index (χ0v) is 13.4. The van der Waals surface area contributed by atoms with E-state index < -0.39 is 21.7 Å². The molecule has 0 aliphatic heterocycles. The van der Waals surface area contributed by atoms with E-state index in [-0.39, 0.29) is 6.04 Å². The predicted octanol–water partition coefficient (Wildman–Crippen LogP) is 1.59. The number of nitrogens with one attached hydrogen (secondary N) is 2. The van der Waals surface area contributed by atoms with E-state index in [4.69, 9.17) is 23.2 Å². The van der Waals surface area contributed by atoms with Gasteiger partial charge in [-0.25, -0.2) is 13.1 Å². The van der Waals surface area contributed by atoms with E-state index in [1.54, 1.807) is 25.1 Å². The minimum Gasteiger partial charge on any atom is -0.352 e. The van der Waals surface area contributed by atoms with E-state index in [0.717, 1.165) is 5.56 Å². The monoisotopic (exact) mass is 338 g/mol. The normalized spacial score (nSPS) is 13.0. The van der Waals surface area contributed by atoms with Crippen molar-refractivity contribution in [3.05, 3.63) is 33.8 Å². The van der Waals surface area contributed by atoms with Crippen molar-refractivity contribution >= 4 is 39.1 Å². The molecule has 0 heterocycles. The number of carbonyl (C=O) groups excluding carboxylic acids is 1. The average Bonchev–Trinajstić information content (AvgIpc) is 2.32. The third-order valence-electron chi connectivity index (χ3n) is 2.58. The summed E-state index contributed by atoms with van der Waals surface area (Å²) in [6.45, 7) is 1.77. The highest BCUT2D eigenvalue weighted by atomic mass is 35.5. The molecule has 1 atom stereocenters. The highest BCUT2D eigenvalue weighted by molar-refractivity contribution is 7.90. The molecule has 0 saturated carbocycles.